The number of anilines is 1. The summed E-state index contributed by atoms with van der Waals surface area (Å²) >= 11 is 11.7. The van der Waals surface area contributed by atoms with Gasteiger partial charge in [0, 0.05) is 18.1 Å². The lowest BCUT2D eigenvalue weighted by Gasteiger charge is -2.34. The van der Waals surface area contributed by atoms with Crippen molar-refractivity contribution >= 4 is 40.8 Å². The molecule has 0 unspecified atom stereocenters. The van der Waals surface area contributed by atoms with Crippen LogP contribution in [0.2, 0.25) is 10.0 Å². The number of benzene rings is 1. The van der Waals surface area contributed by atoms with Gasteiger partial charge in [0.25, 0.3) is 5.91 Å². The van der Waals surface area contributed by atoms with E-state index in [-0.39, 0.29) is 33.8 Å². The average Bonchev–Trinajstić information content (AvgIpc) is 2.47. The lowest BCUT2D eigenvalue weighted by Crippen LogP contribution is -2.44. The van der Waals surface area contributed by atoms with Gasteiger partial charge in [-0.15, -0.1) is 0 Å². The van der Waals surface area contributed by atoms with E-state index in [1.807, 2.05) is 0 Å². The van der Waals surface area contributed by atoms with E-state index in [9.17, 15) is 9.59 Å². The number of hydrogen-bond donors (Lipinski definition) is 1. The third kappa shape index (κ3) is 4.52. The van der Waals surface area contributed by atoms with Gasteiger partial charge in [-0.3, -0.25) is 4.79 Å². The molecule has 1 aromatic carbocycles. The molecule has 0 spiro atoms. The highest BCUT2D eigenvalue weighted by Gasteiger charge is 2.26. The zero-order chi connectivity index (χ0) is 17.1. The molecule has 1 aliphatic heterocycles. The van der Waals surface area contributed by atoms with Crippen molar-refractivity contribution in [2.75, 3.05) is 25.4 Å². The van der Waals surface area contributed by atoms with E-state index in [2.05, 4.69) is 13.8 Å². The Morgan fingerprint density at radius 1 is 1.26 bits per heavy atom. The first-order chi connectivity index (χ1) is 10.8. The topological polar surface area (TPSA) is 72.6 Å². The third-order valence-electron chi connectivity index (χ3n) is 3.86. The van der Waals surface area contributed by atoms with Crippen LogP contribution in [-0.4, -0.2) is 36.5 Å². The Morgan fingerprint density at radius 3 is 2.48 bits per heavy atom. The normalized spacial score (nSPS) is 21.1. The quantitative estimate of drug-likeness (QED) is 0.664. The molecular weight excluding hydrogens is 339 g/mol. The molecule has 23 heavy (non-hydrogen) atoms. The second-order valence-corrected chi connectivity index (χ2v) is 7.01. The number of nitrogen functional groups attached to an aromatic ring is 1. The Kier molecular flexibility index (Phi) is 5.76. The minimum absolute atomic E-state index is 0.0654. The van der Waals surface area contributed by atoms with Gasteiger partial charge >= 0.3 is 5.97 Å². The number of halogens is 2. The smallest absolute Gasteiger partial charge is 0.340 e. The molecule has 1 aliphatic rings. The van der Waals surface area contributed by atoms with Crippen LogP contribution < -0.4 is 5.73 Å². The van der Waals surface area contributed by atoms with Crippen LogP contribution in [0.4, 0.5) is 5.69 Å². The van der Waals surface area contributed by atoms with E-state index in [0.29, 0.717) is 24.9 Å². The largest absolute Gasteiger partial charge is 0.452 e. The lowest BCUT2D eigenvalue weighted by atomic mass is 9.92. The molecule has 1 fully saturated rings. The number of nitrogens with two attached hydrogens (primary N) is 1. The van der Waals surface area contributed by atoms with Crippen molar-refractivity contribution in [1.29, 1.82) is 0 Å². The van der Waals surface area contributed by atoms with E-state index in [1.165, 1.54) is 12.1 Å². The maximum absolute atomic E-state index is 12.2. The van der Waals surface area contributed by atoms with Crippen molar-refractivity contribution in [3.8, 4) is 0 Å². The van der Waals surface area contributed by atoms with E-state index in [4.69, 9.17) is 33.7 Å². The van der Waals surface area contributed by atoms with Crippen molar-refractivity contribution in [2.45, 2.75) is 20.3 Å². The zero-order valence-corrected chi connectivity index (χ0v) is 14.7. The van der Waals surface area contributed by atoms with Gasteiger partial charge < -0.3 is 15.4 Å². The Labute approximate surface area is 145 Å². The molecule has 0 aromatic heterocycles. The number of amides is 1. The third-order valence-corrected chi connectivity index (χ3v) is 4.39. The molecule has 1 heterocycles. The highest BCUT2D eigenvalue weighted by atomic mass is 35.5. The van der Waals surface area contributed by atoms with Gasteiger partial charge in [0.15, 0.2) is 6.61 Å². The Hall–Kier alpha value is -1.46. The molecular formula is C16H20Cl2N2O3. The number of esters is 1. The maximum atomic E-state index is 12.2. The molecule has 0 radical (unpaired) electrons. The summed E-state index contributed by atoms with van der Waals surface area (Å²) in [6, 6.07) is 2.82. The van der Waals surface area contributed by atoms with E-state index >= 15 is 0 Å². The predicted octanol–water partition coefficient (Wildman–Crippen LogP) is 3.24. The van der Waals surface area contributed by atoms with E-state index in [0.717, 1.165) is 6.42 Å². The molecule has 126 valence electrons. The van der Waals surface area contributed by atoms with Crippen molar-refractivity contribution in [3.63, 3.8) is 0 Å². The first kappa shape index (κ1) is 17.9. The van der Waals surface area contributed by atoms with Gasteiger partial charge in [0.1, 0.15) is 0 Å². The fraction of sp³-hybridized carbons (Fsp3) is 0.500. The molecule has 0 saturated carbocycles. The molecule has 1 saturated heterocycles. The Bertz CT molecular complexity index is 612. The number of likely N-dealkylation sites (tertiary alicyclic amines) is 1. The van der Waals surface area contributed by atoms with Crippen molar-refractivity contribution in [2.24, 2.45) is 11.8 Å². The molecule has 2 rings (SSSR count). The van der Waals surface area contributed by atoms with Gasteiger partial charge in [-0.05, 0) is 30.4 Å². The standard InChI is InChI=1S/C16H20Cl2N2O3/c1-9-3-10(2)7-20(6-9)14(21)8-23-16(22)12-4-11(17)5-13(18)15(12)19/h4-5,9-10H,3,6-8,19H2,1-2H3/t9-,10-/m0/s1. The van der Waals surface area contributed by atoms with Crippen molar-refractivity contribution in [1.82, 2.24) is 4.90 Å². The second kappa shape index (κ2) is 7.41. The minimum atomic E-state index is -0.710. The SMILES string of the molecule is C[C@H]1C[C@H](C)CN(C(=O)COC(=O)c2cc(Cl)cc(Cl)c2N)C1. The van der Waals surface area contributed by atoms with Gasteiger partial charge in [-0.2, -0.15) is 0 Å². The minimum Gasteiger partial charge on any atom is -0.452 e. The van der Waals surface area contributed by atoms with E-state index < -0.39 is 5.97 Å². The van der Waals surface area contributed by atoms with Gasteiger partial charge in [-0.1, -0.05) is 37.0 Å². The second-order valence-electron chi connectivity index (χ2n) is 6.17. The van der Waals surface area contributed by atoms with Crippen LogP contribution >= 0.6 is 23.2 Å². The van der Waals surface area contributed by atoms with Crippen LogP contribution in [0.5, 0.6) is 0 Å². The summed E-state index contributed by atoms with van der Waals surface area (Å²) in [7, 11) is 0. The van der Waals surface area contributed by atoms with Crippen molar-refractivity contribution in [3.05, 3.63) is 27.7 Å². The number of nitrogens with zero attached hydrogens (tertiary/aromatic N) is 1. The first-order valence-electron chi connectivity index (χ1n) is 7.47. The Balaban J connectivity index is 1.98. The molecule has 0 bridgehead atoms. The summed E-state index contributed by atoms with van der Waals surface area (Å²) in [5.41, 5.74) is 5.91. The summed E-state index contributed by atoms with van der Waals surface area (Å²) in [5.74, 6) is -0.0247. The first-order valence-corrected chi connectivity index (χ1v) is 8.23. The average molecular weight is 359 g/mol. The maximum Gasteiger partial charge on any atom is 0.340 e. The van der Waals surface area contributed by atoms with Crippen LogP contribution in [0, 0.1) is 11.8 Å². The molecule has 2 N–H and O–H groups in total. The fourth-order valence-electron chi connectivity index (χ4n) is 2.92. The molecule has 1 amide bonds. The van der Waals surface area contributed by atoms with Crippen LogP contribution in [-0.2, 0) is 9.53 Å². The molecule has 0 aliphatic carbocycles. The summed E-state index contributed by atoms with van der Waals surface area (Å²) in [4.78, 5) is 26.0. The van der Waals surface area contributed by atoms with Gasteiger partial charge in [-0.25, -0.2) is 4.79 Å². The summed E-state index contributed by atoms with van der Waals surface area (Å²) in [6.45, 7) is 5.27. The number of ether oxygens (including phenoxy) is 1. The number of carbonyl (C=O) groups is 2. The van der Waals surface area contributed by atoms with Crippen LogP contribution in [0.1, 0.15) is 30.6 Å². The molecule has 5 nitrogen and oxygen atoms in total. The number of carbonyl (C=O) groups excluding carboxylic acids is 2. The van der Waals surface area contributed by atoms with Gasteiger partial charge in [0.05, 0.1) is 16.3 Å². The summed E-state index contributed by atoms with van der Waals surface area (Å²) in [5, 5.41) is 0.454. The molecule has 2 atom stereocenters. The number of hydrogen-bond acceptors (Lipinski definition) is 4. The van der Waals surface area contributed by atoms with Crippen LogP contribution in [0.25, 0.3) is 0 Å². The predicted molar refractivity (Wildman–Crippen MR) is 90.7 cm³/mol. The van der Waals surface area contributed by atoms with Crippen molar-refractivity contribution < 1.29 is 14.3 Å². The molecule has 1 aromatic rings. The van der Waals surface area contributed by atoms with Crippen LogP contribution in [0.3, 0.4) is 0 Å². The highest BCUT2D eigenvalue weighted by Crippen LogP contribution is 2.28. The Morgan fingerprint density at radius 2 is 1.87 bits per heavy atom. The summed E-state index contributed by atoms with van der Waals surface area (Å²) in [6.07, 6.45) is 1.10. The monoisotopic (exact) mass is 358 g/mol. The lowest BCUT2D eigenvalue weighted by molar-refractivity contribution is -0.137. The van der Waals surface area contributed by atoms with E-state index in [1.54, 1.807) is 4.90 Å². The number of piperidine rings is 1. The highest BCUT2D eigenvalue weighted by molar-refractivity contribution is 6.37. The van der Waals surface area contributed by atoms with Crippen LogP contribution in [0.15, 0.2) is 12.1 Å². The fourth-order valence-corrected chi connectivity index (χ4v) is 3.41. The summed E-state index contributed by atoms with van der Waals surface area (Å²) < 4.78 is 5.08. The number of rotatable bonds is 3. The zero-order valence-electron chi connectivity index (χ0n) is 13.1. The van der Waals surface area contributed by atoms with Gasteiger partial charge in [0.2, 0.25) is 0 Å². The molecule has 7 heteroatoms.